The first-order chi connectivity index (χ1) is 7.74. The van der Waals surface area contributed by atoms with Crippen molar-refractivity contribution in [3.63, 3.8) is 0 Å². The van der Waals surface area contributed by atoms with Crippen LogP contribution in [0.1, 0.15) is 5.56 Å². The summed E-state index contributed by atoms with van der Waals surface area (Å²) in [6.45, 7) is 0.771. The van der Waals surface area contributed by atoms with Gasteiger partial charge in [-0.25, -0.2) is 0 Å². The lowest BCUT2D eigenvalue weighted by molar-refractivity contribution is 1.15. The molecule has 0 spiro atoms. The number of nitrogens with two attached hydrogens (primary N) is 1. The molecule has 0 aliphatic carbocycles. The maximum absolute atomic E-state index is 5.77. The van der Waals surface area contributed by atoms with Crippen LogP contribution < -0.4 is 11.1 Å². The summed E-state index contributed by atoms with van der Waals surface area (Å²) in [6, 6.07) is 16.0. The summed E-state index contributed by atoms with van der Waals surface area (Å²) in [7, 11) is 0. The highest BCUT2D eigenvalue weighted by atomic mass is 79.9. The minimum absolute atomic E-state index is 0.771. The van der Waals surface area contributed by atoms with E-state index in [4.69, 9.17) is 5.73 Å². The number of hydrogen-bond donors (Lipinski definition) is 2. The van der Waals surface area contributed by atoms with Crippen LogP contribution in [0.15, 0.2) is 53.0 Å². The van der Waals surface area contributed by atoms with Crippen LogP contribution in [-0.4, -0.2) is 0 Å². The molecule has 0 heterocycles. The van der Waals surface area contributed by atoms with Gasteiger partial charge >= 0.3 is 0 Å². The monoisotopic (exact) mass is 276 g/mol. The van der Waals surface area contributed by atoms with Crippen LogP contribution in [-0.2, 0) is 6.54 Å². The quantitative estimate of drug-likeness (QED) is 0.840. The second-order valence-electron chi connectivity index (χ2n) is 3.61. The van der Waals surface area contributed by atoms with Crippen molar-refractivity contribution in [1.82, 2.24) is 0 Å². The molecule has 3 heteroatoms. The second kappa shape index (κ2) is 5.03. The van der Waals surface area contributed by atoms with Gasteiger partial charge in [0.1, 0.15) is 0 Å². The van der Waals surface area contributed by atoms with E-state index in [1.165, 1.54) is 0 Å². The minimum atomic E-state index is 0.771. The molecule has 0 unspecified atom stereocenters. The molecule has 0 aromatic heterocycles. The first-order valence-corrected chi connectivity index (χ1v) is 5.87. The SMILES string of the molecule is Nc1cc(Br)cc(CNc2ccccc2)c1. The molecule has 3 N–H and O–H groups in total. The van der Waals surface area contributed by atoms with Crippen molar-refractivity contribution >= 4 is 27.3 Å². The number of nitrogen functional groups attached to an aromatic ring is 1. The minimum Gasteiger partial charge on any atom is -0.399 e. The summed E-state index contributed by atoms with van der Waals surface area (Å²) in [4.78, 5) is 0. The van der Waals surface area contributed by atoms with Crippen molar-refractivity contribution < 1.29 is 0 Å². The van der Waals surface area contributed by atoms with Gasteiger partial charge in [0.05, 0.1) is 0 Å². The molecule has 0 saturated heterocycles. The Labute approximate surface area is 104 Å². The zero-order chi connectivity index (χ0) is 11.4. The number of para-hydroxylation sites is 1. The maximum Gasteiger partial charge on any atom is 0.0401 e. The van der Waals surface area contributed by atoms with Crippen molar-refractivity contribution in [3.8, 4) is 0 Å². The Morgan fingerprint density at radius 2 is 1.81 bits per heavy atom. The van der Waals surface area contributed by atoms with Crippen LogP contribution >= 0.6 is 15.9 Å². The van der Waals surface area contributed by atoms with E-state index in [2.05, 4.69) is 27.3 Å². The maximum atomic E-state index is 5.77. The van der Waals surface area contributed by atoms with Crippen LogP contribution in [0.25, 0.3) is 0 Å². The molecule has 2 aromatic rings. The molecule has 16 heavy (non-hydrogen) atoms. The van der Waals surface area contributed by atoms with Crippen molar-refractivity contribution in [2.45, 2.75) is 6.54 Å². The normalized spacial score (nSPS) is 10.1. The largest absolute Gasteiger partial charge is 0.399 e. The summed E-state index contributed by atoms with van der Waals surface area (Å²) in [5.41, 5.74) is 8.82. The fourth-order valence-electron chi connectivity index (χ4n) is 1.54. The van der Waals surface area contributed by atoms with Gasteiger partial charge in [0.25, 0.3) is 0 Å². The van der Waals surface area contributed by atoms with Gasteiger partial charge in [0.2, 0.25) is 0 Å². The van der Waals surface area contributed by atoms with Gasteiger partial charge in [-0.05, 0) is 35.9 Å². The van der Waals surface area contributed by atoms with Gasteiger partial charge < -0.3 is 11.1 Å². The van der Waals surface area contributed by atoms with Crippen molar-refractivity contribution in [1.29, 1.82) is 0 Å². The summed E-state index contributed by atoms with van der Waals surface area (Å²) in [6.07, 6.45) is 0. The standard InChI is InChI=1S/C13H13BrN2/c14-11-6-10(7-12(15)8-11)9-16-13-4-2-1-3-5-13/h1-8,16H,9,15H2. The summed E-state index contributed by atoms with van der Waals surface area (Å²) < 4.78 is 1.01. The first kappa shape index (κ1) is 11.0. The molecule has 0 amide bonds. The van der Waals surface area contributed by atoms with Gasteiger partial charge in [0, 0.05) is 22.4 Å². The summed E-state index contributed by atoms with van der Waals surface area (Å²) >= 11 is 3.43. The first-order valence-electron chi connectivity index (χ1n) is 5.08. The lowest BCUT2D eigenvalue weighted by atomic mass is 10.2. The van der Waals surface area contributed by atoms with Gasteiger partial charge in [-0.1, -0.05) is 34.1 Å². The molecule has 2 rings (SSSR count). The number of halogens is 1. The van der Waals surface area contributed by atoms with Crippen LogP contribution in [0.2, 0.25) is 0 Å². The molecule has 0 bridgehead atoms. The van der Waals surface area contributed by atoms with Crippen molar-refractivity contribution in [2.24, 2.45) is 0 Å². The van der Waals surface area contributed by atoms with E-state index in [0.717, 1.165) is 28.0 Å². The molecule has 2 aromatic carbocycles. The van der Waals surface area contributed by atoms with Crippen LogP contribution in [0.5, 0.6) is 0 Å². The Morgan fingerprint density at radius 3 is 2.50 bits per heavy atom. The third-order valence-corrected chi connectivity index (χ3v) is 2.71. The third kappa shape index (κ3) is 3.00. The fourth-order valence-corrected chi connectivity index (χ4v) is 2.10. The average Bonchev–Trinajstić information content (AvgIpc) is 2.27. The Hall–Kier alpha value is -1.48. The molecule has 0 atom stereocenters. The molecule has 0 saturated carbocycles. The zero-order valence-corrected chi connectivity index (χ0v) is 10.4. The van der Waals surface area contributed by atoms with Gasteiger partial charge in [0.15, 0.2) is 0 Å². The van der Waals surface area contributed by atoms with Crippen molar-refractivity contribution in [3.05, 3.63) is 58.6 Å². The second-order valence-corrected chi connectivity index (χ2v) is 4.53. The van der Waals surface area contributed by atoms with Gasteiger partial charge in [-0.2, -0.15) is 0 Å². The molecule has 0 aliphatic rings. The molecule has 0 aliphatic heterocycles. The zero-order valence-electron chi connectivity index (χ0n) is 8.78. The molecule has 2 nitrogen and oxygen atoms in total. The van der Waals surface area contributed by atoms with E-state index < -0.39 is 0 Å². The Morgan fingerprint density at radius 1 is 1.06 bits per heavy atom. The van der Waals surface area contributed by atoms with Crippen LogP contribution in [0, 0.1) is 0 Å². The molecular weight excluding hydrogens is 264 g/mol. The van der Waals surface area contributed by atoms with E-state index >= 15 is 0 Å². The van der Waals surface area contributed by atoms with E-state index in [1.54, 1.807) is 0 Å². The summed E-state index contributed by atoms with van der Waals surface area (Å²) in [5, 5.41) is 3.34. The van der Waals surface area contributed by atoms with Crippen molar-refractivity contribution in [2.75, 3.05) is 11.1 Å². The topological polar surface area (TPSA) is 38.0 Å². The number of nitrogens with one attached hydrogen (secondary N) is 1. The Balaban J connectivity index is 2.05. The van der Waals surface area contributed by atoms with Crippen LogP contribution in [0.4, 0.5) is 11.4 Å². The number of hydrogen-bond acceptors (Lipinski definition) is 2. The third-order valence-electron chi connectivity index (χ3n) is 2.25. The average molecular weight is 277 g/mol. The van der Waals surface area contributed by atoms with E-state index in [9.17, 15) is 0 Å². The Bertz CT molecular complexity index is 448. The van der Waals surface area contributed by atoms with Gasteiger partial charge in [-0.3, -0.25) is 0 Å². The summed E-state index contributed by atoms with van der Waals surface area (Å²) in [5.74, 6) is 0. The number of benzene rings is 2. The predicted molar refractivity (Wildman–Crippen MR) is 72.3 cm³/mol. The van der Waals surface area contributed by atoms with E-state index in [1.807, 2.05) is 42.5 Å². The highest BCUT2D eigenvalue weighted by Gasteiger charge is 1.97. The fraction of sp³-hybridized carbons (Fsp3) is 0.0769. The van der Waals surface area contributed by atoms with E-state index in [-0.39, 0.29) is 0 Å². The predicted octanol–water partition coefficient (Wildman–Crippen LogP) is 3.64. The van der Waals surface area contributed by atoms with E-state index in [0.29, 0.717) is 0 Å². The molecule has 0 fully saturated rings. The smallest absolute Gasteiger partial charge is 0.0401 e. The highest BCUT2D eigenvalue weighted by molar-refractivity contribution is 9.10. The lowest BCUT2D eigenvalue weighted by Gasteiger charge is -2.07. The number of rotatable bonds is 3. The highest BCUT2D eigenvalue weighted by Crippen LogP contribution is 2.18. The molecule has 0 radical (unpaired) electrons. The molecular formula is C13H13BrN2. The lowest BCUT2D eigenvalue weighted by Crippen LogP contribution is -2.00. The van der Waals surface area contributed by atoms with Gasteiger partial charge in [-0.15, -0.1) is 0 Å². The molecule has 82 valence electrons. The Kier molecular flexibility index (Phi) is 3.47. The van der Waals surface area contributed by atoms with Crippen LogP contribution in [0.3, 0.4) is 0 Å². The number of anilines is 2.